The van der Waals surface area contributed by atoms with Crippen LogP contribution in [0.25, 0.3) is 0 Å². The molecule has 13 heteroatoms. The number of anilines is 1. The minimum absolute atomic E-state index is 0.393. The number of carbonyl (C=O) groups excluding carboxylic acids is 4. The Morgan fingerprint density at radius 1 is 1.06 bits per heavy atom. The number of carbonyl (C=O) groups is 4. The lowest BCUT2D eigenvalue weighted by Gasteiger charge is -2.31. The molecule has 1 aliphatic heterocycles. The summed E-state index contributed by atoms with van der Waals surface area (Å²) >= 11 is 3.30. The van der Waals surface area contributed by atoms with Crippen LogP contribution in [0.15, 0.2) is 28.7 Å². The molecule has 4 amide bonds. The van der Waals surface area contributed by atoms with Crippen LogP contribution in [0.2, 0.25) is 0 Å². The fourth-order valence-corrected chi connectivity index (χ4v) is 5.82. The highest BCUT2D eigenvalue weighted by Crippen LogP contribution is 2.49. The average molecular weight is 589 g/mol. The zero-order chi connectivity index (χ0) is 27.3. The quantitative estimate of drug-likeness (QED) is 0.228. The Kier molecular flexibility index (Phi) is 10.2. The van der Waals surface area contributed by atoms with E-state index in [0.717, 1.165) is 4.47 Å². The van der Waals surface area contributed by atoms with Gasteiger partial charge >= 0.3 is 13.6 Å². The Bertz CT molecular complexity index is 1020. The van der Waals surface area contributed by atoms with E-state index in [2.05, 4.69) is 37.2 Å². The molecule has 2 atom stereocenters. The van der Waals surface area contributed by atoms with E-state index in [9.17, 15) is 23.7 Å². The van der Waals surface area contributed by atoms with Crippen LogP contribution in [0, 0.1) is 5.92 Å². The van der Waals surface area contributed by atoms with Gasteiger partial charge in [0.15, 0.2) is 11.8 Å². The highest BCUT2D eigenvalue weighted by atomic mass is 79.9. The maximum Gasteiger partial charge on any atom is 0.350 e. The van der Waals surface area contributed by atoms with Gasteiger partial charge in [0.1, 0.15) is 11.8 Å². The summed E-state index contributed by atoms with van der Waals surface area (Å²) in [5, 5.41) is 10.1. The van der Waals surface area contributed by atoms with Crippen LogP contribution in [-0.4, -0.2) is 53.7 Å². The minimum atomic E-state index is -3.64. The number of hydrogen-bond acceptors (Lipinski definition) is 7. The number of Topliss-reactive ketones (excluding diaryl/α,β-unsaturated/α-hetero) is 1. The first kappa shape index (κ1) is 30.0. The molecule has 0 spiro atoms. The van der Waals surface area contributed by atoms with Gasteiger partial charge in [-0.2, -0.15) is 0 Å². The topological polar surface area (TPSA) is 152 Å². The van der Waals surface area contributed by atoms with Crippen molar-refractivity contribution in [1.29, 1.82) is 0 Å². The molecule has 0 aromatic heterocycles. The Morgan fingerprint density at radius 3 is 2.11 bits per heavy atom. The molecule has 2 rings (SSSR count). The summed E-state index contributed by atoms with van der Waals surface area (Å²) in [6, 6.07) is 4.52. The van der Waals surface area contributed by atoms with E-state index < -0.39 is 73.6 Å². The number of nitrogens with one attached hydrogen (secondary N) is 4. The number of urea groups is 1. The van der Waals surface area contributed by atoms with Crippen molar-refractivity contribution in [1.82, 2.24) is 16.0 Å². The lowest BCUT2D eigenvalue weighted by molar-refractivity contribution is -0.131. The van der Waals surface area contributed by atoms with Crippen LogP contribution >= 0.6 is 23.5 Å². The third-order valence-electron chi connectivity index (χ3n) is 5.33. The van der Waals surface area contributed by atoms with Gasteiger partial charge in [-0.25, -0.2) is 4.79 Å². The predicted octanol–water partition coefficient (Wildman–Crippen LogP) is 3.54. The summed E-state index contributed by atoms with van der Waals surface area (Å²) in [6.45, 7) is 10.1. The average Bonchev–Trinajstić information content (AvgIpc) is 2.98. The summed E-state index contributed by atoms with van der Waals surface area (Å²) < 4.78 is 24.7. The van der Waals surface area contributed by atoms with Gasteiger partial charge in [0.2, 0.25) is 5.91 Å². The lowest BCUT2D eigenvalue weighted by atomic mass is 9.80. The van der Waals surface area contributed by atoms with Gasteiger partial charge in [0, 0.05) is 10.2 Å². The van der Waals surface area contributed by atoms with Crippen molar-refractivity contribution in [3.05, 3.63) is 28.7 Å². The SMILES string of the molecule is CC(C)OP(=O)(CNC(=O)CC1(C(C)C)NC(=O)C(NC(=O)Nc2ccc(Br)cc2)C1=O)OC(C)C. The standard InChI is InChI=1S/C23H34BrN4O7P/c1-13(2)23(11-18(29)25-12-36(33,34-14(3)4)35-15(5)6)20(30)19(21(31)28-23)27-22(32)26-17-9-7-16(24)8-10-17/h7-10,13-15,19H,11-12H2,1-6H3,(H,25,29)(H,28,31)(H2,26,27,32). The Labute approximate surface area is 219 Å². The molecule has 0 bridgehead atoms. The summed E-state index contributed by atoms with van der Waals surface area (Å²) in [7, 11) is -3.64. The first-order valence-electron chi connectivity index (χ1n) is 11.6. The van der Waals surface area contributed by atoms with Gasteiger partial charge in [-0.05, 0) is 57.9 Å². The van der Waals surface area contributed by atoms with Crippen molar-refractivity contribution < 1.29 is 32.8 Å². The number of halogens is 1. The van der Waals surface area contributed by atoms with Crippen molar-refractivity contribution in [2.45, 2.75) is 71.8 Å². The van der Waals surface area contributed by atoms with Crippen LogP contribution in [0.1, 0.15) is 48.0 Å². The molecule has 36 heavy (non-hydrogen) atoms. The van der Waals surface area contributed by atoms with Crippen LogP contribution in [-0.2, 0) is 28.0 Å². The molecule has 11 nitrogen and oxygen atoms in total. The van der Waals surface area contributed by atoms with Crippen molar-refractivity contribution in [3.63, 3.8) is 0 Å². The number of hydrogen-bond donors (Lipinski definition) is 4. The maximum absolute atomic E-state index is 13.3. The Balaban J connectivity index is 2.10. The molecular weight excluding hydrogens is 555 g/mol. The molecule has 1 aromatic rings. The molecule has 1 saturated heterocycles. The monoisotopic (exact) mass is 588 g/mol. The predicted molar refractivity (Wildman–Crippen MR) is 138 cm³/mol. The molecule has 1 aromatic carbocycles. The Morgan fingerprint density at radius 2 is 1.61 bits per heavy atom. The lowest BCUT2D eigenvalue weighted by Crippen LogP contribution is -2.55. The van der Waals surface area contributed by atoms with Gasteiger partial charge < -0.3 is 30.3 Å². The van der Waals surface area contributed by atoms with Gasteiger partial charge in [-0.3, -0.25) is 18.9 Å². The van der Waals surface area contributed by atoms with E-state index in [4.69, 9.17) is 9.05 Å². The smallest absolute Gasteiger partial charge is 0.344 e. The van der Waals surface area contributed by atoms with Crippen LogP contribution in [0.3, 0.4) is 0 Å². The molecule has 2 unspecified atom stereocenters. The van der Waals surface area contributed by atoms with Crippen molar-refractivity contribution >= 4 is 52.8 Å². The fraction of sp³-hybridized carbons (Fsp3) is 0.565. The molecule has 0 radical (unpaired) electrons. The van der Waals surface area contributed by atoms with E-state index in [-0.39, 0.29) is 0 Å². The normalized spacial score (nSPS) is 20.1. The van der Waals surface area contributed by atoms with Crippen molar-refractivity contribution in [3.8, 4) is 0 Å². The number of amides is 4. The van der Waals surface area contributed by atoms with Gasteiger partial charge in [0.25, 0.3) is 5.91 Å². The van der Waals surface area contributed by atoms with Crippen molar-refractivity contribution in [2.75, 3.05) is 11.6 Å². The van der Waals surface area contributed by atoms with E-state index in [1.807, 2.05) is 0 Å². The first-order valence-corrected chi connectivity index (χ1v) is 14.1. The maximum atomic E-state index is 13.3. The fourth-order valence-electron chi connectivity index (χ4n) is 3.70. The number of ketones is 1. The zero-order valence-electron chi connectivity index (χ0n) is 21.2. The van der Waals surface area contributed by atoms with E-state index in [1.165, 1.54) is 0 Å². The molecule has 1 aliphatic rings. The molecule has 4 N–H and O–H groups in total. The van der Waals surface area contributed by atoms with Gasteiger partial charge in [-0.15, -0.1) is 0 Å². The largest absolute Gasteiger partial charge is 0.350 e. The van der Waals surface area contributed by atoms with E-state index in [1.54, 1.807) is 65.8 Å². The first-order chi connectivity index (χ1) is 16.7. The van der Waals surface area contributed by atoms with Gasteiger partial charge in [0.05, 0.1) is 18.6 Å². The summed E-state index contributed by atoms with van der Waals surface area (Å²) in [6.07, 6.45) is -1.61. The molecule has 200 valence electrons. The van der Waals surface area contributed by atoms with Crippen LogP contribution in [0.4, 0.5) is 10.5 Å². The van der Waals surface area contributed by atoms with Crippen molar-refractivity contribution in [2.24, 2.45) is 5.92 Å². The minimum Gasteiger partial charge on any atom is -0.344 e. The summed E-state index contributed by atoms with van der Waals surface area (Å²) in [5.41, 5.74) is -1.09. The molecule has 0 saturated carbocycles. The van der Waals surface area contributed by atoms with Gasteiger partial charge in [-0.1, -0.05) is 29.8 Å². The summed E-state index contributed by atoms with van der Waals surface area (Å²) in [5.74, 6) is -2.46. The molecular formula is C23H34BrN4O7P. The molecule has 1 fully saturated rings. The zero-order valence-corrected chi connectivity index (χ0v) is 23.7. The highest BCUT2D eigenvalue weighted by Gasteiger charge is 2.55. The second-order valence-electron chi connectivity index (χ2n) is 9.37. The third kappa shape index (κ3) is 7.86. The summed E-state index contributed by atoms with van der Waals surface area (Å²) in [4.78, 5) is 51.3. The van der Waals surface area contributed by atoms with E-state index in [0.29, 0.717) is 5.69 Å². The highest BCUT2D eigenvalue weighted by molar-refractivity contribution is 9.10. The second kappa shape index (κ2) is 12.3. The van der Waals surface area contributed by atoms with Crippen LogP contribution < -0.4 is 21.3 Å². The van der Waals surface area contributed by atoms with Crippen LogP contribution in [0.5, 0.6) is 0 Å². The third-order valence-corrected chi connectivity index (χ3v) is 7.89. The molecule has 0 aliphatic carbocycles. The number of rotatable bonds is 11. The van der Waals surface area contributed by atoms with E-state index >= 15 is 0 Å². The number of benzene rings is 1. The second-order valence-corrected chi connectivity index (χ2v) is 12.2. The molecule has 1 heterocycles. The Hall–Kier alpha value is -2.27.